The third kappa shape index (κ3) is 2.88. The zero-order valence-corrected chi connectivity index (χ0v) is 16.8. The third-order valence-electron chi connectivity index (χ3n) is 6.23. The minimum absolute atomic E-state index is 0.00308. The molecule has 6 heteroatoms. The quantitative estimate of drug-likeness (QED) is 0.713. The number of aromatic nitrogens is 1. The molecular formula is C20H26BrN3O2. The fourth-order valence-corrected chi connectivity index (χ4v) is 5.34. The summed E-state index contributed by atoms with van der Waals surface area (Å²) >= 11 is 3.69. The summed E-state index contributed by atoms with van der Waals surface area (Å²) in [6.45, 7) is 2.75. The van der Waals surface area contributed by atoms with E-state index in [-0.39, 0.29) is 24.5 Å². The van der Waals surface area contributed by atoms with Crippen molar-refractivity contribution in [2.45, 2.75) is 44.2 Å². The molecule has 3 N–H and O–H groups in total. The normalized spacial score (nSPS) is 26.5. The summed E-state index contributed by atoms with van der Waals surface area (Å²) in [7, 11) is 2.13. The molecule has 0 spiro atoms. The van der Waals surface area contributed by atoms with Gasteiger partial charge >= 0.3 is 0 Å². The lowest BCUT2D eigenvalue weighted by Crippen LogP contribution is -2.52. The molecule has 1 fully saturated rings. The third-order valence-corrected chi connectivity index (χ3v) is 6.91. The number of hydrogen-bond acceptors (Lipinski definition) is 3. The second-order valence-electron chi connectivity index (χ2n) is 7.73. The molecule has 2 heterocycles. The van der Waals surface area contributed by atoms with Crippen molar-refractivity contribution in [3.63, 3.8) is 0 Å². The number of fused-ring (bicyclic) bond motifs is 2. The smallest absolute Gasteiger partial charge is 0.224 e. The Morgan fingerprint density at radius 3 is 3.04 bits per heavy atom. The summed E-state index contributed by atoms with van der Waals surface area (Å²) in [6.07, 6.45) is 2.61. The molecule has 4 atom stereocenters. The number of hydrogen-bond donors (Lipinski definition) is 3. The van der Waals surface area contributed by atoms with Crippen LogP contribution in [0.4, 0.5) is 0 Å². The minimum atomic E-state index is -0.146. The van der Waals surface area contributed by atoms with Crippen molar-refractivity contribution < 1.29 is 9.90 Å². The first-order chi connectivity index (χ1) is 12.5. The highest BCUT2D eigenvalue weighted by atomic mass is 79.9. The summed E-state index contributed by atoms with van der Waals surface area (Å²) < 4.78 is 1.08. The first-order valence-electron chi connectivity index (χ1n) is 9.43. The number of nitrogens with zero attached hydrogens (tertiary/aromatic N) is 1. The molecule has 4 rings (SSSR count). The van der Waals surface area contributed by atoms with Gasteiger partial charge in [0, 0.05) is 29.4 Å². The van der Waals surface area contributed by atoms with E-state index in [0.717, 1.165) is 30.4 Å². The number of carbonyl (C=O) groups is 1. The van der Waals surface area contributed by atoms with Crippen molar-refractivity contribution in [1.82, 2.24) is 15.2 Å². The van der Waals surface area contributed by atoms with E-state index in [2.05, 4.69) is 56.4 Å². The lowest BCUT2D eigenvalue weighted by molar-refractivity contribution is -0.128. The van der Waals surface area contributed by atoms with Crippen LogP contribution >= 0.6 is 15.9 Å². The van der Waals surface area contributed by atoms with Gasteiger partial charge in [-0.1, -0.05) is 19.1 Å². The molecular weight excluding hydrogens is 394 g/mol. The molecule has 2 aliphatic rings. The van der Waals surface area contributed by atoms with Crippen molar-refractivity contribution in [2.75, 3.05) is 20.2 Å². The molecule has 5 nitrogen and oxygen atoms in total. The van der Waals surface area contributed by atoms with Crippen LogP contribution in [0, 0.1) is 5.92 Å². The van der Waals surface area contributed by atoms with Gasteiger partial charge in [0.15, 0.2) is 0 Å². The number of halogens is 1. The van der Waals surface area contributed by atoms with Crippen LogP contribution in [-0.2, 0) is 11.2 Å². The van der Waals surface area contributed by atoms with Gasteiger partial charge in [-0.15, -0.1) is 0 Å². The molecule has 26 heavy (non-hydrogen) atoms. The molecule has 1 unspecified atom stereocenters. The summed E-state index contributed by atoms with van der Waals surface area (Å²) in [5.41, 5.74) is 3.88. The van der Waals surface area contributed by atoms with Gasteiger partial charge in [0.2, 0.25) is 5.91 Å². The molecule has 1 aliphatic heterocycles. The largest absolute Gasteiger partial charge is 0.394 e. The molecule has 1 aromatic heterocycles. The molecule has 140 valence electrons. The lowest BCUT2D eigenvalue weighted by atomic mass is 9.72. The standard InChI is InChI=1S/C20H26BrN3O2/c1-3-12(10-25)22-20(26)11-7-14-13-5-4-6-16-18(13)15(19(21)23-16)8-17(14)24(2)9-11/h4-6,11-12,14,17,23,25H,3,7-10H2,1-2H3,(H,22,26)/t11-,12+,14?,17-/m1/s1. The Morgan fingerprint density at radius 1 is 1.50 bits per heavy atom. The molecule has 1 aliphatic carbocycles. The second-order valence-corrected chi connectivity index (χ2v) is 8.53. The maximum atomic E-state index is 12.8. The van der Waals surface area contributed by atoms with Crippen LogP contribution in [-0.4, -0.2) is 53.2 Å². The van der Waals surface area contributed by atoms with Crippen molar-refractivity contribution >= 4 is 32.7 Å². The molecule has 0 bridgehead atoms. The summed E-state index contributed by atoms with van der Waals surface area (Å²) in [5.74, 6) is 0.392. The van der Waals surface area contributed by atoms with E-state index in [1.54, 1.807) is 0 Å². The van der Waals surface area contributed by atoms with Crippen molar-refractivity contribution in [2.24, 2.45) is 5.92 Å². The average Bonchev–Trinajstić information content (AvgIpc) is 2.97. The van der Waals surface area contributed by atoms with Crippen molar-refractivity contribution in [1.29, 1.82) is 0 Å². The number of piperidine rings is 1. The fraction of sp³-hybridized carbons (Fsp3) is 0.550. The van der Waals surface area contributed by atoms with Gasteiger partial charge in [0.1, 0.15) is 0 Å². The predicted molar refractivity (Wildman–Crippen MR) is 106 cm³/mol. The molecule has 1 aromatic carbocycles. The Balaban J connectivity index is 1.65. The monoisotopic (exact) mass is 419 g/mol. The highest BCUT2D eigenvalue weighted by Crippen LogP contribution is 2.46. The number of rotatable bonds is 4. The zero-order valence-electron chi connectivity index (χ0n) is 15.3. The van der Waals surface area contributed by atoms with Gasteiger partial charge in [-0.25, -0.2) is 0 Å². The number of nitrogens with one attached hydrogen (secondary N) is 2. The predicted octanol–water partition coefficient (Wildman–Crippen LogP) is 2.78. The highest BCUT2D eigenvalue weighted by molar-refractivity contribution is 9.10. The van der Waals surface area contributed by atoms with Gasteiger partial charge in [-0.05, 0) is 59.4 Å². The van der Waals surface area contributed by atoms with Crippen LogP contribution < -0.4 is 5.32 Å². The van der Waals surface area contributed by atoms with Gasteiger partial charge in [0.05, 0.1) is 23.2 Å². The van der Waals surface area contributed by atoms with Gasteiger partial charge in [-0.3, -0.25) is 4.79 Å². The lowest BCUT2D eigenvalue weighted by Gasteiger charge is -2.45. The maximum Gasteiger partial charge on any atom is 0.224 e. The number of benzene rings is 1. The van der Waals surface area contributed by atoms with E-state index < -0.39 is 0 Å². The maximum absolute atomic E-state index is 12.8. The Labute approximate surface area is 162 Å². The van der Waals surface area contributed by atoms with Crippen LogP contribution in [0.1, 0.15) is 36.8 Å². The van der Waals surface area contributed by atoms with Crippen LogP contribution in [0.15, 0.2) is 22.8 Å². The Bertz CT molecular complexity index is 830. The highest BCUT2D eigenvalue weighted by Gasteiger charge is 2.42. The number of carbonyl (C=O) groups excluding carboxylic acids is 1. The first kappa shape index (κ1) is 18.0. The first-order valence-corrected chi connectivity index (χ1v) is 10.2. The number of aromatic amines is 1. The van der Waals surface area contributed by atoms with E-state index in [9.17, 15) is 9.90 Å². The van der Waals surface area contributed by atoms with Crippen LogP contribution in [0.2, 0.25) is 0 Å². The van der Waals surface area contributed by atoms with Gasteiger partial charge in [-0.2, -0.15) is 0 Å². The second kappa shape index (κ2) is 6.98. The summed E-state index contributed by atoms with van der Waals surface area (Å²) in [4.78, 5) is 18.6. The Kier molecular flexibility index (Phi) is 4.84. The topological polar surface area (TPSA) is 68.4 Å². The van der Waals surface area contributed by atoms with E-state index in [1.807, 2.05) is 6.92 Å². The molecule has 1 amide bonds. The van der Waals surface area contributed by atoms with E-state index in [1.165, 1.54) is 22.0 Å². The zero-order chi connectivity index (χ0) is 18.4. The van der Waals surface area contributed by atoms with E-state index >= 15 is 0 Å². The van der Waals surface area contributed by atoms with Crippen LogP contribution in [0.3, 0.4) is 0 Å². The fourth-order valence-electron chi connectivity index (χ4n) is 4.77. The van der Waals surface area contributed by atoms with Crippen LogP contribution in [0.5, 0.6) is 0 Å². The molecule has 0 saturated carbocycles. The number of amides is 1. The minimum Gasteiger partial charge on any atom is -0.394 e. The number of aliphatic hydroxyl groups is 1. The van der Waals surface area contributed by atoms with Crippen molar-refractivity contribution in [3.8, 4) is 0 Å². The Hall–Kier alpha value is -1.37. The number of likely N-dealkylation sites (tertiary alicyclic amines) is 1. The number of likely N-dealkylation sites (N-methyl/N-ethyl adjacent to an activating group) is 1. The summed E-state index contributed by atoms with van der Waals surface area (Å²) in [6, 6.07) is 6.73. The number of H-pyrrole nitrogens is 1. The van der Waals surface area contributed by atoms with E-state index in [0.29, 0.717) is 12.0 Å². The SMILES string of the molecule is CC[C@@H](CO)NC(=O)[C@@H]1CC2c3cccc4[nH]c(Br)c(c34)C[C@H]2N(C)C1. The molecule has 2 aromatic rings. The van der Waals surface area contributed by atoms with Crippen LogP contribution in [0.25, 0.3) is 10.9 Å². The van der Waals surface area contributed by atoms with Crippen molar-refractivity contribution in [3.05, 3.63) is 33.9 Å². The molecule has 0 radical (unpaired) electrons. The molecule has 1 saturated heterocycles. The summed E-state index contributed by atoms with van der Waals surface area (Å²) in [5, 5.41) is 13.7. The van der Waals surface area contributed by atoms with E-state index in [4.69, 9.17) is 0 Å². The number of aliphatic hydroxyl groups excluding tert-OH is 1. The van der Waals surface area contributed by atoms with Gasteiger partial charge in [0.25, 0.3) is 0 Å². The average molecular weight is 420 g/mol. The Morgan fingerprint density at radius 2 is 2.31 bits per heavy atom. The van der Waals surface area contributed by atoms with Gasteiger partial charge < -0.3 is 20.3 Å².